The van der Waals surface area contributed by atoms with Gasteiger partial charge in [0.05, 0.1) is 5.30 Å². The molecule has 1 aromatic carbocycles. The number of hydrogen-bond acceptors (Lipinski definition) is 1. The van der Waals surface area contributed by atoms with Gasteiger partial charge in [0, 0.05) is 0 Å². The van der Waals surface area contributed by atoms with Gasteiger partial charge in [-0.2, -0.15) is 0 Å². The van der Waals surface area contributed by atoms with Crippen molar-refractivity contribution in [2.75, 3.05) is 0 Å². The van der Waals surface area contributed by atoms with Crippen LogP contribution in [-0.4, -0.2) is 9.79 Å². The summed E-state index contributed by atoms with van der Waals surface area (Å²) >= 11 is 0. The van der Waals surface area contributed by atoms with Gasteiger partial charge in [0.1, 0.15) is 0 Å². The maximum Gasteiger partial charge on any atom is 0.356 e. The van der Waals surface area contributed by atoms with Crippen LogP contribution in [0, 0.1) is 5.92 Å². The number of benzene rings is 1. The molecule has 0 aliphatic rings. The minimum Gasteiger partial charge on any atom is -0.321 e. The van der Waals surface area contributed by atoms with Crippen molar-refractivity contribution in [2.24, 2.45) is 5.92 Å². The van der Waals surface area contributed by atoms with Crippen LogP contribution in [0.2, 0.25) is 0 Å². The molecule has 3 nitrogen and oxygen atoms in total. The Bertz CT molecular complexity index is 351. The fourth-order valence-corrected chi connectivity index (χ4v) is 1.85. The lowest BCUT2D eigenvalue weighted by Gasteiger charge is -2.07. The van der Waals surface area contributed by atoms with Crippen molar-refractivity contribution in [3.05, 3.63) is 29.8 Å². The highest BCUT2D eigenvalue weighted by Gasteiger charge is 2.15. The van der Waals surface area contributed by atoms with E-state index in [0.717, 1.165) is 18.4 Å². The van der Waals surface area contributed by atoms with Gasteiger partial charge in [0.2, 0.25) is 0 Å². The highest BCUT2D eigenvalue weighted by atomic mass is 31.2. The highest BCUT2D eigenvalue weighted by molar-refractivity contribution is 7.60. The first kappa shape index (κ1) is 12.4. The molecular weight excluding hydrogens is 211 g/mol. The average molecular weight is 228 g/mol. The molecule has 4 heteroatoms. The van der Waals surface area contributed by atoms with Crippen molar-refractivity contribution in [1.29, 1.82) is 0 Å². The van der Waals surface area contributed by atoms with E-state index in [2.05, 4.69) is 13.8 Å². The predicted molar refractivity (Wildman–Crippen MR) is 61.3 cm³/mol. The van der Waals surface area contributed by atoms with E-state index in [1.165, 1.54) is 12.1 Å². The first-order valence-corrected chi connectivity index (χ1v) is 6.66. The molecule has 15 heavy (non-hydrogen) atoms. The molecule has 84 valence electrons. The number of hydrogen-bond donors (Lipinski definition) is 2. The third-order valence-corrected chi connectivity index (χ3v) is 3.25. The highest BCUT2D eigenvalue weighted by Crippen LogP contribution is 2.32. The third-order valence-electron chi connectivity index (χ3n) is 2.28. The summed E-state index contributed by atoms with van der Waals surface area (Å²) in [5.41, 5.74) is 1.13. The predicted octanol–water partition coefficient (Wildman–Crippen LogP) is 2.08. The zero-order valence-corrected chi connectivity index (χ0v) is 9.95. The van der Waals surface area contributed by atoms with E-state index in [4.69, 9.17) is 9.79 Å². The van der Waals surface area contributed by atoms with Crippen molar-refractivity contribution in [2.45, 2.75) is 26.7 Å². The average Bonchev–Trinajstić information content (AvgIpc) is 2.14. The summed E-state index contributed by atoms with van der Waals surface area (Å²) in [6.07, 6.45) is 2.05. The standard InChI is InChI=1S/C11H17O3P/c1-9(2)3-4-10-5-7-11(8-6-10)15(12,13)14/h5-9H,3-4H2,1-2H3,(H2,12,13,14). The van der Waals surface area contributed by atoms with Crippen LogP contribution in [0.4, 0.5) is 0 Å². The molecule has 0 aliphatic carbocycles. The molecule has 0 aromatic heterocycles. The molecule has 0 spiro atoms. The SMILES string of the molecule is CC(C)CCc1ccc(P(=O)(O)O)cc1. The molecule has 0 fully saturated rings. The number of rotatable bonds is 4. The van der Waals surface area contributed by atoms with Crippen LogP contribution < -0.4 is 5.30 Å². The van der Waals surface area contributed by atoms with E-state index in [-0.39, 0.29) is 5.30 Å². The fourth-order valence-electron chi connectivity index (χ4n) is 1.31. The summed E-state index contributed by atoms with van der Waals surface area (Å²) in [6.45, 7) is 4.31. The van der Waals surface area contributed by atoms with Crippen LogP contribution in [0.1, 0.15) is 25.8 Å². The smallest absolute Gasteiger partial charge is 0.321 e. The maximum atomic E-state index is 10.9. The first-order chi connectivity index (χ1) is 6.89. The van der Waals surface area contributed by atoms with Gasteiger partial charge in [-0.15, -0.1) is 0 Å². The van der Waals surface area contributed by atoms with Gasteiger partial charge < -0.3 is 9.79 Å². The van der Waals surface area contributed by atoms with Crippen LogP contribution in [0.25, 0.3) is 0 Å². The monoisotopic (exact) mass is 228 g/mol. The van der Waals surface area contributed by atoms with Crippen LogP contribution in [0.5, 0.6) is 0 Å². The van der Waals surface area contributed by atoms with E-state index in [1.54, 1.807) is 12.1 Å². The summed E-state index contributed by atoms with van der Waals surface area (Å²) < 4.78 is 10.9. The summed E-state index contributed by atoms with van der Waals surface area (Å²) in [7, 11) is -4.08. The largest absolute Gasteiger partial charge is 0.356 e. The fraction of sp³-hybridized carbons (Fsp3) is 0.455. The second-order valence-corrected chi connectivity index (χ2v) is 5.75. The molecule has 2 N–H and O–H groups in total. The van der Waals surface area contributed by atoms with Gasteiger partial charge in [-0.3, -0.25) is 4.57 Å². The maximum absolute atomic E-state index is 10.9. The van der Waals surface area contributed by atoms with Gasteiger partial charge in [-0.05, 0) is 36.5 Å². The third kappa shape index (κ3) is 4.17. The molecule has 1 rings (SSSR count). The van der Waals surface area contributed by atoms with Crippen molar-refractivity contribution in [3.63, 3.8) is 0 Å². The van der Waals surface area contributed by atoms with E-state index in [1.807, 2.05) is 0 Å². The molecule has 0 radical (unpaired) electrons. The van der Waals surface area contributed by atoms with Crippen LogP contribution in [0.15, 0.2) is 24.3 Å². The summed E-state index contributed by atoms with van der Waals surface area (Å²) in [5, 5.41) is 0.0933. The second-order valence-electron chi connectivity index (χ2n) is 4.14. The van der Waals surface area contributed by atoms with Gasteiger partial charge in [0.25, 0.3) is 0 Å². The van der Waals surface area contributed by atoms with E-state index < -0.39 is 7.60 Å². The van der Waals surface area contributed by atoms with Crippen molar-refractivity contribution >= 4 is 12.9 Å². The lowest BCUT2D eigenvalue weighted by Crippen LogP contribution is -2.03. The van der Waals surface area contributed by atoms with E-state index in [0.29, 0.717) is 5.92 Å². The summed E-state index contributed by atoms with van der Waals surface area (Å²) in [4.78, 5) is 17.8. The molecule has 0 saturated carbocycles. The van der Waals surface area contributed by atoms with Crippen LogP contribution in [0.3, 0.4) is 0 Å². The van der Waals surface area contributed by atoms with Crippen molar-refractivity contribution < 1.29 is 14.4 Å². The Morgan fingerprint density at radius 3 is 2.13 bits per heavy atom. The molecule has 0 heterocycles. The molecule has 0 aliphatic heterocycles. The van der Waals surface area contributed by atoms with Gasteiger partial charge >= 0.3 is 7.60 Å². The van der Waals surface area contributed by atoms with Gasteiger partial charge in [-0.25, -0.2) is 0 Å². The first-order valence-electron chi connectivity index (χ1n) is 5.04. The van der Waals surface area contributed by atoms with Gasteiger partial charge in [-0.1, -0.05) is 26.0 Å². The molecule has 0 saturated heterocycles. The Balaban J connectivity index is 2.69. The molecule has 0 amide bonds. The summed E-state index contributed by atoms with van der Waals surface area (Å²) in [6, 6.07) is 6.60. The normalized spacial score (nSPS) is 12.1. The quantitative estimate of drug-likeness (QED) is 0.776. The lowest BCUT2D eigenvalue weighted by atomic mass is 10.0. The molecule has 0 unspecified atom stereocenters. The zero-order valence-electron chi connectivity index (χ0n) is 9.05. The number of aryl methyl sites for hydroxylation is 1. The molecule has 0 bridgehead atoms. The Morgan fingerprint density at radius 1 is 1.20 bits per heavy atom. The minimum atomic E-state index is -4.08. The topological polar surface area (TPSA) is 57.5 Å². The molecular formula is C11H17O3P. The zero-order chi connectivity index (χ0) is 11.5. The van der Waals surface area contributed by atoms with Crippen LogP contribution >= 0.6 is 7.60 Å². The van der Waals surface area contributed by atoms with Crippen molar-refractivity contribution in [1.82, 2.24) is 0 Å². The Kier molecular flexibility index (Phi) is 4.09. The Morgan fingerprint density at radius 2 is 1.73 bits per heavy atom. The minimum absolute atomic E-state index is 0.0933. The van der Waals surface area contributed by atoms with E-state index in [9.17, 15) is 4.57 Å². The van der Waals surface area contributed by atoms with Crippen molar-refractivity contribution in [3.8, 4) is 0 Å². The summed E-state index contributed by atoms with van der Waals surface area (Å²) in [5.74, 6) is 0.645. The van der Waals surface area contributed by atoms with Gasteiger partial charge in [0.15, 0.2) is 0 Å². The molecule has 1 aromatic rings. The Labute approximate surface area is 90.3 Å². The van der Waals surface area contributed by atoms with Crippen LogP contribution in [-0.2, 0) is 11.0 Å². The Hall–Kier alpha value is -0.630. The molecule has 0 atom stereocenters. The van der Waals surface area contributed by atoms with E-state index >= 15 is 0 Å². The lowest BCUT2D eigenvalue weighted by molar-refractivity contribution is 0.387. The second kappa shape index (κ2) is 4.93.